The molecule has 1 aliphatic rings. The molecule has 116 valence electrons. The van der Waals surface area contributed by atoms with Gasteiger partial charge in [0.1, 0.15) is 6.54 Å². The van der Waals surface area contributed by atoms with E-state index in [1.165, 1.54) is 23.6 Å². The third-order valence-electron chi connectivity index (χ3n) is 3.84. The van der Waals surface area contributed by atoms with Gasteiger partial charge in [-0.2, -0.15) is 5.10 Å². The Hall–Kier alpha value is -1.85. The van der Waals surface area contributed by atoms with E-state index in [2.05, 4.69) is 15.7 Å². The van der Waals surface area contributed by atoms with Crippen molar-refractivity contribution in [3.8, 4) is 0 Å². The molecule has 0 spiro atoms. The molecular formula is C15H24N4O2. The number of carbonyl (C=O) groups is 1. The van der Waals surface area contributed by atoms with Crippen LogP contribution in [0.25, 0.3) is 0 Å². The standard InChI is InChI=1S/C15H24N4O2/c1-10(2)11(3)18-14(20)9-19-15(21)6-13(8-17-19)16-7-12-4-5-12/h6,8,10-12,16H,4-5,7,9H2,1-3H3,(H,18,20). The van der Waals surface area contributed by atoms with Gasteiger partial charge in [0, 0.05) is 18.7 Å². The van der Waals surface area contributed by atoms with Gasteiger partial charge in [0.2, 0.25) is 5.91 Å². The van der Waals surface area contributed by atoms with Crippen LogP contribution in [-0.4, -0.2) is 28.3 Å². The highest BCUT2D eigenvalue weighted by Crippen LogP contribution is 2.28. The van der Waals surface area contributed by atoms with E-state index in [0.29, 0.717) is 5.92 Å². The van der Waals surface area contributed by atoms with Crippen LogP contribution in [0.15, 0.2) is 17.1 Å². The van der Waals surface area contributed by atoms with Crippen LogP contribution in [0.4, 0.5) is 5.69 Å². The molecule has 1 unspecified atom stereocenters. The van der Waals surface area contributed by atoms with Crippen LogP contribution in [0.3, 0.4) is 0 Å². The van der Waals surface area contributed by atoms with Crippen LogP contribution in [0.1, 0.15) is 33.6 Å². The van der Waals surface area contributed by atoms with E-state index in [1.807, 2.05) is 20.8 Å². The molecule has 2 rings (SSSR count). The van der Waals surface area contributed by atoms with Crippen LogP contribution < -0.4 is 16.2 Å². The molecule has 1 amide bonds. The van der Waals surface area contributed by atoms with Gasteiger partial charge in [-0.25, -0.2) is 4.68 Å². The number of carbonyl (C=O) groups excluding carboxylic acids is 1. The van der Waals surface area contributed by atoms with Crippen LogP contribution in [-0.2, 0) is 11.3 Å². The Bertz CT molecular complexity index is 549. The maximum absolute atomic E-state index is 11.9. The lowest BCUT2D eigenvalue weighted by Crippen LogP contribution is -2.40. The van der Waals surface area contributed by atoms with Crippen molar-refractivity contribution in [3.63, 3.8) is 0 Å². The van der Waals surface area contributed by atoms with Crippen molar-refractivity contribution in [3.05, 3.63) is 22.6 Å². The maximum atomic E-state index is 11.9. The number of nitrogens with zero attached hydrogens (tertiary/aromatic N) is 2. The number of hydrogen-bond donors (Lipinski definition) is 2. The first kappa shape index (κ1) is 15.5. The van der Waals surface area contributed by atoms with Gasteiger partial charge < -0.3 is 10.6 Å². The lowest BCUT2D eigenvalue weighted by atomic mass is 10.1. The topological polar surface area (TPSA) is 76.0 Å². The van der Waals surface area contributed by atoms with Crippen LogP contribution in [0.5, 0.6) is 0 Å². The van der Waals surface area contributed by atoms with Crippen molar-refractivity contribution < 1.29 is 4.79 Å². The lowest BCUT2D eigenvalue weighted by Gasteiger charge is -2.17. The lowest BCUT2D eigenvalue weighted by molar-refractivity contribution is -0.122. The van der Waals surface area contributed by atoms with Crippen LogP contribution in [0.2, 0.25) is 0 Å². The van der Waals surface area contributed by atoms with Gasteiger partial charge in [-0.1, -0.05) is 13.8 Å². The molecule has 1 saturated carbocycles. The van der Waals surface area contributed by atoms with Crippen molar-refractivity contribution in [2.45, 2.75) is 46.2 Å². The van der Waals surface area contributed by atoms with Crippen LogP contribution >= 0.6 is 0 Å². The van der Waals surface area contributed by atoms with Gasteiger partial charge in [-0.05, 0) is 31.6 Å². The third kappa shape index (κ3) is 4.88. The summed E-state index contributed by atoms with van der Waals surface area (Å²) in [6.07, 6.45) is 4.11. The number of aromatic nitrogens is 2. The van der Waals surface area contributed by atoms with Crippen molar-refractivity contribution in [2.75, 3.05) is 11.9 Å². The predicted molar refractivity (Wildman–Crippen MR) is 82.2 cm³/mol. The van der Waals surface area contributed by atoms with Gasteiger partial charge in [0.15, 0.2) is 0 Å². The first-order valence-corrected chi connectivity index (χ1v) is 7.56. The van der Waals surface area contributed by atoms with Gasteiger partial charge in [-0.15, -0.1) is 0 Å². The van der Waals surface area contributed by atoms with Crippen molar-refractivity contribution in [1.82, 2.24) is 15.1 Å². The Kier molecular flexibility index (Phi) is 4.98. The number of anilines is 1. The molecule has 0 aromatic carbocycles. The Morgan fingerprint density at radius 2 is 2.14 bits per heavy atom. The largest absolute Gasteiger partial charge is 0.383 e. The fraction of sp³-hybridized carbons (Fsp3) is 0.667. The fourth-order valence-corrected chi connectivity index (χ4v) is 1.84. The molecule has 1 aromatic heterocycles. The third-order valence-corrected chi connectivity index (χ3v) is 3.84. The van der Waals surface area contributed by atoms with Gasteiger partial charge in [0.05, 0.1) is 11.9 Å². The Morgan fingerprint density at radius 3 is 2.71 bits per heavy atom. The number of amides is 1. The number of hydrogen-bond acceptors (Lipinski definition) is 4. The normalized spacial score (nSPS) is 15.8. The monoisotopic (exact) mass is 292 g/mol. The van der Waals surface area contributed by atoms with E-state index in [9.17, 15) is 9.59 Å². The summed E-state index contributed by atoms with van der Waals surface area (Å²) in [4.78, 5) is 23.8. The van der Waals surface area contributed by atoms with E-state index < -0.39 is 0 Å². The summed E-state index contributed by atoms with van der Waals surface area (Å²) < 4.78 is 1.19. The number of nitrogens with one attached hydrogen (secondary N) is 2. The molecule has 1 aromatic rings. The SMILES string of the molecule is CC(C)C(C)NC(=O)Cn1ncc(NCC2CC2)cc1=O. The summed E-state index contributed by atoms with van der Waals surface area (Å²) >= 11 is 0. The van der Waals surface area contributed by atoms with Crippen LogP contribution in [0, 0.1) is 11.8 Å². The second-order valence-electron chi connectivity index (χ2n) is 6.16. The van der Waals surface area contributed by atoms with E-state index >= 15 is 0 Å². The van der Waals surface area contributed by atoms with E-state index in [-0.39, 0.29) is 24.1 Å². The minimum atomic E-state index is -0.261. The fourth-order valence-electron chi connectivity index (χ4n) is 1.84. The smallest absolute Gasteiger partial charge is 0.269 e. The molecule has 1 atom stereocenters. The quantitative estimate of drug-likeness (QED) is 0.792. The molecule has 0 saturated heterocycles. The van der Waals surface area contributed by atoms with Gasteiger partial charge in [0.25, 0.3) is 5.56 Å². The summed E-state index contributed by atoms with van der Waals surface area (Å²) in [5.74, 6) is 0.896. The number of rotatable bonds is 7. The maximum Gasteiger partial charge on any atom is 0.269 e. The second-order valence-corrected chi connectivity index (χ2v) is 6.16. The molecule has 1 fully saturated rings. The van der Waals surface area contributed by atoms with Crippen molar-refractivity contribution >= 4 is 11.6 Å². The van der Waals surface area contributed by atoms with Crippen molar-refractivity contribution in [1.29, 1.82) is 0 Å². The molecule has 6 heteroatoms. The molecule has 1 aliphatic carbocycles. The highest BCUT2D eigenvalue weighted by Gasteiger charge is 2.20. The molecule has 2 N–H and O–H groups in total. The second kappa shape index (κ2) is 6.74. The first-order valence-electron chi connectivity index (χ1n) is 7.56. The molecule has 0 aliphatic heterocycles. The Labute approximate surface area is 124 Å². The Balaban J connectivity index is 1.90. The minimum Gasteiger partial charge on any atom is -0.383 e. The summed E-state index contributed by atoms with van der Waals surface area (Å²) in [6.45, 7) is 6.87. The highest BCUT2D eigenvalue weighted by molar-refractivity contribution is 5.75. The zero-order valence-corrected chi connectivity index (χ0v) is 12.9. The van der Waals surface area contributed by atoms with E-state index in [1.54, 1.807) is 6.20 Å². The molecule has 6 nitrogen and oxygen atoms in total. The Morgan fingerprint density at radius 1 is 1.43 bits per heavy atom. The molecule has 0 bridgehead atoms. The van der Waals surface area contributed by atoms with Gasteiger partial charge in [-0.3, -0.25) is 9.59 Å². The summed E-state index contributed by atoms with van der Waals surface area (Å²) in [7, 11) is 0. The summed E-state index contributed by atoms with van der Waals surface area (Å²) in [5.41, 5.74) is 0.460. The average molecular weight is 292 g/mol. The van der Waals surface area contributed by atoms with E-state index in [0.717, 1.165) is 18.2 Å². The highest BCUT2D eigenvalue weighted by atomic mass is 16.2. The average Bonchev–Trinajstić information content (AvgIpc) is 3.23. The molecule has 1 heterocycles. The predicted octanol–water partition coefficient (Wildman–Crippen LogP) is 1.23. The first-order chi connectivity index (χ1) is 9.95. The summed E-state index contributed by atoms with van der Waals surface area (Å²) in [6, 6.07) is 1.57. The zero-order chi connectivity index (χ0) is 15.4. The van der Waals surface area contributed by atoms with Crippen molar-refractivity contribution in [2.24, 2.45) is 11.8 Å². The summed E-state index contributed by atoms with van der Waals surface area (Å²) in [5, 5.41) is 10.1. The zero-order valence-electron chi connectivity index (χ0n) is 12.9. The van der Waals surface area contributed by atoms with E-state index in [4.69, 9.17) is 0 Å². The molecule has 0 radical (unpaired) electrons. The molecule has 21 heavy (non-hydrogen) atoms. The van der Waals surface area contributed by atoms with Gasteiger partial charge >= 0.3 is 0 Å². The molecular weight excluding hydrogens is 268 g/mol. The minimum absolute atomic E-state index is 0.0429.